The molecule has 1 atom stereocenters. The summed E-state index contributed by atoms with van der Waals surface area (Å²) in [5.41, 5.74) is 0.465. The predicted molar refractivity (Wildman–Crippen MR) is 66.8 cm³/mol. The van der Waals surface area contributed by atoms with Crippen LogP contribution in [0.4, 0.5) is 4.79 Å². The average molecular weight is 236 g/mol. The molecule has 3 nitrogen and oxygen atoms in total. The Bertz CT molecular complexity index is 351. The Balaban J connectivity index is 2.62. The first-order valence-corrected chi connectivity index (χ1v) is 5.87. The lowest BCUT2D eigenvalue weighted by atomic mass is 10.1. The topological polar surface area (TPSA) is 35.5 Å². The summed E-state index contributed by atoms with van der Waals surface area (Å²) in [5, 5.41) is 0. The second-order valence-electron chi connectivity index (χ2n) is 4.89. The highest BCUT2D eigenvalue weighted by Crippen LogP contribution is 2.22. The monoisotopic (exact) mass is 236 g/mol. The van der Waals surface area contributed by atoms with Crippen molar-refractivity contribution in [3.05, 3.63) is 35.9 Å². The maximum Gasteiger partial charge on any atom is 0.509 e. The molecule has 0 aliphatic carbocycles. The highest BCUT2D eigenvalue weighted by atomic mass is 16.7. The molecule has 0 fully saturated rings. The average Bonchev–Trinajstić information content (AvgIpc) is 2.24. The third kappa shape index (κ3) is 4.89. The van der Waals surface area contributed by atoms with Crippen molar-refractivity contribution in [1.82, 2.24) is 0 Å². The maximum absolute atomic E-state index is 11.6. The molecule has 0 aliphatic rings. The molecule has 0 aliphatic heterocycles. The molecular formula is C14H20O3. The summed E-state index contributed by atoms with van der Waals surface area (Å²) >= 11 is 0. The van der Waals surface area contributed by atoms with Gasteiger partial charge in [-0.3, -0.25) is 0 Å². The fourth-order valence-corrected chi connectivity index (χ4v) is 1.44. The third-order valence-corrected chi connectivity index (χ3v) is 2.17. The molecule has 3 heteroatoms. The van der Waals surface area contributed by atoms with Gasteiger partial charge in [-0.25, -0.2) is 4.79 Å². The first kappa shape index (κ1) is 13.6. The molecule has 1 aromatic rings. The van der Waals surface area contributed by atoms with Crippen molar-refractivity contribution in [3.63, 3.8) is 0 Å². The Morgan fingerprint density at radius 1 is 1.24 bits per heavy atom. The smallest absolute Gasteiger partial charge is 0.429 e. The van der Waals surface area contributed by atoms with E-state index in [2.05, 4.69) is 0 Å². The Morgan fingerprint density at radius 3 is 2.29 bits per heavy atom. The van der Waals surface area contributed by atoms with Gasteiger partial charge >= 0.3 is 6.16 Å². The van der Waals surface area contributed by atoms with E-state index in [1.54, 1.807) is 0 Å². The van der Waals surface area contributed by atoms with E-state index in [1.165, 1.54) is 0 Å². The molecule has 0 spiro atoms. The summed E-state index contributed by atoms with van der Waals surface area (Å²) < 4.78 is 10.4. The first-order valence-electron chi connectivity index (χ1n) is 5.87. The zero-order valence-corrected chi connectivity index (χ0v) is 10.9. The number of ether oxygens (including phenoxy) is 2. The van der Waals surface area contributed by atoms with Gasteiger partial charge in [0, 0.05) is 0 Å². The summed E-state index contributed by atoms with van der Waals surface area (Å²) in [4.78, 5) is 11.6. The predicted octanol–water partition coefficient (Wildman–Crippen LogP) is 4.09. The molecule has 94 valence electrons. The van der Waals surface area contributed by atoms with Crippen molar-refractivity contribution in [2.75, 3.05) is 0 Å². The number of carbonyl (C=O) groups excluding carboxylic acids is 1. The highest BCUT2D eigenvalue weighted by molar-refractivity contribution is 5.61. The van der Waals surface area contributed by atoms with Gasteiger partial charge in [-0.05, 0) is 32.8 Å². The summed E-state index contributed by atoms with van der Waals surface area (Å²) in [5.74, 6) is 0. The van der Waals surface area contributed by atoms with Crippen molar-refractivity contribution >= 4 is 6.16 Å². The Kier molecular flexibility index (Phi) is 4.55. The Hall–Kier alpha value is -1.51. The van der Waals surface area contributed by atoms with Crippen LogP contribution in [0.3, 0.4) is 0 Å². The molecule has 17 heavy (non-hydrogen) atoms. The molecule has 0 aromatic heterocycles. The van der Waals surface area contributed by atoms with Gasteiger partial charge in [-0.1, -0.05) is 37.3 Å². The number of hydrogen-bond donors (Lipinski definition) is 0. The van der Waals surface area contributed by atoms with Crippen molar-refractivity contribution in [1.29, 1.82) is 0 Å². The van der Waals surface area contributed by atoms with E-state index in [0.29, 0.717) is 0 Å². The highest BCUT2D eigenvalue weighted by Gasteiger charge is 2.21. The maximum atomic E-state index is 11.6. The van der Waals surface area contributed by atoms with E-state index < -0.39 is 11.8 Å². The van der Waals surface area contributed by atoms with Gasteiger partial charge < -0.3 is 9.47 Å². The second-order valence-corrected chi connectivity index (χ2v) is 4.89. The van der Waals surface area contributed by atoms with Crippen LogP contribution < -0.4 is 0 Å². The van der Waals surface area contributed by atoms with Crippen molar-refractivity contribution in [2.45, 2.75) is 45.8 Å². The molecular weight excluding hydrogens is 216 g/mol. The minimum atomic E-state index is -0.617. The van der Waals surface area contributed by atoms with Gasteiger partial charge in [0.15, 0.2) is 0 Å². The van der Waals surface area contributed by atoms with Gasteiger partial charge in [-0.2, -0.15) is 0 Å². The standard InChI is InChI=1S/C14H20O3/c1-5-12(11-9-7-6-8-10-11)16-13(15)17-14(2,3)4/h6-10,12H,5H2,1-4H3. The number of rotatable bonds is 3. The van der Waals surface area contributed by atoms with Gasteiger partial charge in [-0.15, -0.1) is 0 Å². The summed E-state index contributed by atoms with van der Waals surface area (Å²) in [6.45, 7) is 7.43. The normalized spacial score (nSPS) is 12.9. The van der Waals surface area contributed by atoms with Crippen LogP contribution in [-0.2, 0) is 9.47 Å². The Labute approximate surface area is 103 Å². The van der Waals surface area contributed by atoms with Gasteiger partial charge in [0.05, 0.1) is 0 Å². The van der Waals surface area contributed by atoms with Crippen molar-refractivity contribution in [2.24, 2.45) is 0 Å². The van der Waals surface area contributed by atoms with Crippen LogP contribution in [-0.4, -0.2) is 11.8 Å². The van der Waals surface area contributed by atoms with Crippen LogP contribution >= 0.6 is 0 Å². The van der Waals surface area contributed by atoms with Crippen molar-refractivity contribution < 1.29 is 14.3 Å². The molecule has 1 rings (SSSR count). The summed E-state index contributed by atoms with van der Waals surface area (Å²) in [6, 6.07) is 9.67. The quantitative estimate of drug-likeness (QED) is 0.741. The minimum Gasteiger partial charge on any atom is -0.429 e. The second kappa shape index (κ2) is 5.71. The SMILES string of the molecule is CCC(OC(=O)OC(C)(C)C)c1ccccc1. The molecule has 1 unspecified atom stereocenters. The van der Waals surface area contributed by atoms with Crippen LogP contribution in [0.2, 0.25) is 0 Å². The van der Waals surface area contributed by atoms with Crippen LogP contribution in [0.1, 0.15) is 45.8 Å². The van der Waals surface area contributed by atoms with Gasteiger partial charge in [0.2, 0.25) is 0 Å². The van der Waals surface area contributed by atoms with Crippen LogP contribution in [0.15, 0.2) is 30.3 Å². The number of carbonyl (C=O) groups is 1. The van der Waals surface area contributed by atoms with E-state index in [9.17, 15) is 4.79 Å². The van der Waals surface area contributed by atoms with E-state index in [-0.39, 0.29) is 6.10 Å². The van der Waals surface area contributed by atoms with Gasteiger partial charge in [0.25, 0.3) is 0 Å². The van der Waals surface area contributed by atoms with Crippen LogP contribution in [0.25, 0.3) is 0 Å². The number of hydrogen-bond acceptors (Lipinski definition) is 3. The first-order chi connectivity index (χ1) is 7.92. The zero-order valence-electron chi connectivity index (χ0n) is 10.9. The fourth-order valence-electron chi connectivity index (χ4n) is 1.44. The largest absolute Gasteiger partial charge is 0.509 e. The van der Waals surface area contributed by atoms with Crippen LogP contribution in [0, 0.1) is 0 Å². The Morgan fingerprint density at radius 2 is 1.82 bits per heavy atom. The lowest BCUT2D eigenvalue weighted by molar-refractivity contribution is -0.0282. The van der Waals surface area contributed by atoms with Gasteiger partial charge in [0.1, 0.15) is 11.7 Å². The van der Waals surface area contributed by atoms with E-state index >= 15 is 0 Å². The molecule has 0 N–H and O–H groups in total. The summed E-state index contributed by atoms with van der Waals surface area (Å²) in [6.07, 6.45) is -0.136. The molecule has 0 bridgehead atoms. The van der Waals surface area contributed by atoms with Crippen LogP contribution in [0.5, 0.6) is 0 Å². The fraction of sp³-hybridized carbons (Fsp3) is 0.500. The minimum absolute atomic E-state index is 0.244. The van der Waals surface area contributed by atoms with E-state index in [1.807, 2.05) is 58.0 Å². The lowest BCUT2D eigenvalue weighted by Crippen LogP contribution is -2.25. The molecule has 0 heterocycles. The van der Waals surface area contributed by atoms with E-state index in [0.717, 1.165) is 12.0 Å². The zero-order chi connectivity index (χ0) is 12.9. The lowest BCUT2D eigenvalue weighted by Gasteiger charge is -2.22. The molecule has 0 saturated heterocycles. The molecule has 0 amide bonds. The summed E-state index contributed by atoms with van der Waals surface area (Å²) in [7, 11) is 0. The molecule has 0 radical (unpaired) electrons. The molecule has 1 aromatic carbocycles. The van der Waals surface area contributed by atoms with Crippen molar-refractivity contribution in [3.8, 4) is 0 Å². The molecule has 0 saturated carbocycles. The van der Waals surface area contributed by atoms with E-state index in [4.69, 9.17) is 9.47 Å². The third-order valence-electron chi connectivity index (χ3n) is 2.17. The number of benzene rings is 1.